The fraction of sp³-hybridized carbons (Fsp3) is 0.333. The first-order valence-electron chi connectivity index (χ1n) is 7.49. The quantitative estimate of drug-likeness (QED) is 0.764. The van der Waals surface area contributed by atoms with Crippen molar-refractivity contribution in [3.05, 3.63) is 27.1 Å². The maximum atomic E-state index is 12.7. The number of nitrogens with zero attached hydrogens (tertiary/aromatic N) is 1. The number of alkyl halides is 3. The fourth-order valence-electron chi connectivity index (χ4n) is 3.06. The van der Waals surface area contributed by atoms with Crippen LogP contribution in [0.15, 0.2) is 12.1 Å². The molecule has 1 N–H and O–H groups in total. The van der Waals surface area contributed by atoms with E-state index in [0.717, 1.165) is 17.4 Å². The second-order valence-corrected chi connectivity index (χ2v) is 7.97. The molecule has 2 aromatic rings. The molecule has 0 atom stereocenters. The Kier molecular flexibility index (Phi) is 4.13. The number of alkyl carbamates (subject to hydrolysis) is 1. The van der Waals surface area contributed by atoms with Gasteiger partial charge in [-0.05, 0) is 12.1 Å². The number of nitrogens with one attached hydrogen (secondary N) is 1. The summed E-state index contributed by atoms with van der Waals surface area (Å²) in [6, 6.07) is 2.37. The van der Waals surface area contributed by atoms with Crippen LogP contribution in [0.5, 0.6) is 5.75 Å². The van der Waals surface area contributed by atoms with Gasteiger partial charge in [0.25, 0.3) is 5.91 Å². The van der Waals surface area contributed by atoms with Crippen LogP contribution < -0.4 is 10.1 Å². The summed E-state index contributed by atoms with van der Waals surface area (Å²) in [6.45, 7) is 0.663. The average Bonchev–Trinajstić information content (AvgIpc) is 3.09. The predicted octanol–water partition coefficient (Wildman–Crippen LogP) is 4.04. The lowest BCUT2D eigenvalue weighted by Gasteiger charge is -2.45. The highest BCUT2D eigenvalue weighted by atomic mass is 35.5. The molecule has 0 bridgehead atoms. The van der Waals surface area contributed by atoms with Gasteiger partial charge in [0.15, 0.2) is 0 Å². The topological polar surface area (TPSA) is 67.9 Å². The molecule has 12 heteroatoms. The number of carbonyl (C=O) groups excluding carboxylic acids is 2. The molecule has 0 saturated carbocycles. The van der Waals surface area contributed by atoms with Crippen molar-refractivity contribution in [2.24, 2.45) is 0 Å². The molecule has 2 aliphatic rings. The summed E-state index contributed by atoms with van der Waals surface area (Å²) in [5.74, 6) is -0.968. The Labute approximate surface area is 163 Å². The second kappa shape index (κ2) is 6.05. The minimum Gasteiger partial charge on any atom is -0.447 e. The van der Waals surface area contributed by atoms with Crippen LogP contribution in [0.2, 0.25) is 10.0 Å². The zero-order valence-electron chi connectivity index (χ0n) is 13.2. The highest BCUT2D eigenvalue weighted by Crippen LogP contribution is 2.45. The van der Waals surface area contributed by atoms with Crippen molar-refractivity contribution in [1.82, 2.24) is 10.2 Å². The first-order valence-corrected chi connectivity index (χ1v) is 9.06. The van der Waals surface area contributed by atoms with Gasteiger partial charge < -0.3 is 19.7 Å². The third-order valence-corrected chi connectivity index (χ3v) is 6.45. The van der Waals surface area contributed by atoms with Crippen LogP contribution in [0.1, 0.15) is 9.67 Å². The summed E-state index contributed by atoms with van der Waals surface area (Å²) >= 11 is 13.2. The van der Waals surface area contributed by atoms with Crippen LogP contribution in [0.25, 0.3) is 10.1 Å². The molecule has 4 rings (SSSR count). The number of fused-ring (bicyclic) bond motifs is 1. The third-order valence-electron chi connectivity index (χ3n) is 4.24. The van der Waals surface area contributed by atoms with Crippen molar-refractivity contribution in [2.75, 3.05) is 19.7 Å². The molecule has 6 nitrogen and oxygen atoms in total. The highest BCUT2D eigenvalue weighted by molar-refractivity contribution is 7.22. The number of rotatable bonds is 2. The number of benzene rings is 1. The molecule has 0 unspecified atom stereocenters. The molecule has 27 heavy (non-hydrogen) atoms. The van der Waals surface area contributed by atoms with E-state index < -0.39 is 29.7 Å². The zero-order chi connectivity index (χ0) is 19.6. The Morgan fingerprint density at radius 2 is 2.00 bits per heavy atom. The van der Waals surface area contributed by atoms with Crippen molar-refractivity contribution < 1.29 is 32.2 Å². The Bertz CT molecular complexity index is 972. The Morgan fingerprint density at radius 3 is 2.59 bits per heavy atom. The lowest BCUT2D eigenvalue weighted by molar-refractivity contribution is -0.274. The van der Waals surface area contributed by atoms with E-state index in [1.54, 1.807) is 0 Å². The minimum absolute atomic E-state index is 0.105. The number of halogens is 5. The van der Waals surface area contributed by atoms with E-state index >= 15 is 0 Å². The van der Waals surface area contributed by atoms with Crippen molar-refractivity contribution >= 4 is 56.6 Å². The molecule has 2 aliphatic heterocycles. The first kappa shape index (κ1) is 18.5. The maximum absolute atomic E-state index is 12.7. The Morgan fingerprint density at radius 1 is 1.30 bits per heavy atom. The Hall–Kier alpha value is -1.91. The average molecular weight is 441 g/mol. The number of ether oxygens (including phenoxy) is 2. The van der Waals surface area contributed by atoms with Crippen LogP contribution >= 0.6 is 34.5 Å². The van der Waals surface area contributed by atoms with Crippen LogP contribution in [-0.4, -0.2) is 48.5 Å². The summed E-state index contributed by atoms with van der Waals surface area (Å²) in [5.41, 5.74) is -0.596. The predicted molar refractivity (Wildman–Crippen MR) is 91.6 cm³/mol. The molecule has 2 saturated heterocycles. The van der Waals surface area contributed by atoms with Gasteiger partial charge in [0.05, 0.1) is 9.72 Å². The van der Waals surface area contributed by atoms with Gasteiger partial charge in [0, 0.05) is 18.5 Å². The SMILES string of the molecule is O=C1NC2(CO1)CN(C(=O)c1sc3c(Cl)c(OC(F)(F)F)ccc3c1Cl)C2. The molecule has 144 valence electrons. The third kappa shape index (κ3) is 3.15. The van der Waals surface area contributed by atoms with Crippen LogP contribution in [0.3, 0.4) is 0 Å². The van der Waals surface area contributed by atoms with Crippen molar-refractivity contribution in [3.63, 3.8) is 0 Å². The molecular weight excluding hydrogens is 432 g/mol. The highest BCUT2D eigenvalue weighted by Gasteiger charge is 2.51. The van der Waals surface area contributed by atoms with E-state index in [1.807, 2.05) is 0 Å². The van der Waals surface area contributed by atoms with E-state index in [9.17, 15) is 22.8 Å². The molecule has 1 aromatic heterocycles. The molecular formula is C15H9Cl2F3N2O4S. The largest absolute Gasteiger partial charge is 0.573 e. The molecule has 0 radical (unpaired) electrons. The molecule has 1 spiro atoms. The number of likely N-dealkylation sites (tertiary alicyclic amines) is 1. The normalized spacial score (nSPS) is 18.4. The van der Waals surface area contributed by atoms with Crippen LogP contribution in [-0.2, 0) is 4.74 Å². The molecule has 1 aromatic carbocycles. The number of thiophene rings is 1. The summed E-state index contributed by atoms with van der Waals surface area (Å²) in [6.07, 6.45) is -5.43. The number of carbonyl (C=O) groups is 2. The number of hydrogen-bond acceptors (Lipinski definition) is 5. The molecule has 2 amide bonds. The Balaban J connectivity index is 1.61. The van der Waals surface area contributed by atoms with Gasteiger partial charge in [-0.15, -0.1) is 24.5 Å². The number of cyclic esters (lactones) is 1. The first-order chi connectivity index (χ1) is 12.6. The molecule has 3 heterocycles. The van der Waals surface area contributed by atoms with Gasteiger partial charge in [-0.3, -0.25) is 4.79 Å². The molecule has 2 fully saturated rings. The van der Waals surface area contributed by atoms with Crippen LogP contribution in [0, 0.1) is 0 Å². The van der Waals surface area contributed by atoms with Gasteiger partial charge in [0.1, 0.15) is 27.8 Å². The lowest BCUT2D eigenvalue weighted by atomic mass is 9.91. The maximum Gasteiger partial charge on any atom is 0.573 e. The van der Waals surface area contributed by atoms with E-state index in [-0.39, 0.29) is 39.3 Å². The fourth-order valence-corrected chi connectivity index (χ4v) is 4.87. The van der Waals surface area contributed by atoms with Gasteiger partial charge in [0.2, 0.25) is 0 Å². The summed E-state index contributed by atoms with van der Waals surface area (Å²) in [4.78, 5) is 25.5. The van der Waals surface area contributed by atoms with E-state index in [1.165, 1.54) is 11.0 Å². The minimum atomic E-state index is -4.89. The van der Waals surface area contributed by atoms with E-state index in [4.69, 9.17) is 27.9 Å². The smallest absolute Gasteiger partial charge is 0.447 e. The zero-order valence-corrected chi connectivity index (χ0v) is 15.5. The van der Waals surface area contributed by atoms with Gasteiger partial charge in [-0.2, -0.15) is 0 Å². The van der Waals surface area contributed by atoms with Crippen molar-refractivity contribution in [3.8, 4) is 5.75 Å². The standard InChI is InChI=1S/C15H9Cl2F3N2O4S/c16-8-6-1-2-7(26-15(18,19)20)9(17)10(6)27-11(8)12(23)22-3-14(4-22)5-25-13(24)21-14/h1-2H,3-5H2,(H,21,24). The summed E-state index contributed by atoms with van der Waals surface area (Å²) in [7, 11) is 0. The van der Waals surface area contributed by atoms with Crippen molar-refractivity contribution in [2.45, 2.75) is 11.9 Å². The lowest BCUT2D eigenvalue weighted by Crippen LogP contribution is -2.69. The number of hydrogen-bond donors (Lipinski definition) is 1. The van der Waals surface area contributed by atoms with E-state index in [0.29, 0.717) is 5.39 Å². The van der Waals surface area contributed by atoms with Gasteiger partial charge in [-0.25, -0.2) is 4.79 Å². The molecule has 0 aliphatic carbocycles. The number of amides is 2. The van der Waals surface area contributed by atoms with Crippen molar-refractivity contribution in [1.29, 1.82) is 0 Å². The van der Waals surface area contributed by atoms with E-state index in [2.05, 4.69) is 10.1 Å². The second-order valence-electron chi connectivity index (χ2n) is 6.19. The van der Waals surface area contributed by atoms with Gasteiger partial charge in [-0.1, -0.05) is 23.2 Å². The monoisotopic (exact) mass is 440 g/mol. The van der Waals surface area contributed by atoms with Crippen LogP contribution in [0.4, 0.5) is 18.0 Å². The summed E-state index contributed by atoms with van der Waals surface area (Å²) in [5, 5.41) is 2.85. The van der Waals surface area contributed by atoms with Gasteiger partial charge >= 0.3 is 12.5 Å². The summed E-state index contributed by atoms with van der Waals surface area (Å²) < 4.78 is 46.3.